The van der Waals surface area contributed by atoms with Crippen LogP contribution in [0.25, 0.3) is 0 Å². The number of aliphatic carboxylic acids is 3. The van der Waals surface area contributed by atoms with Crippen molar-refractivity contribution in [1.82, 2.24) is 0 Å². The topological polar surface area (TPSA) is 246 Å². The second-order valence-corrected chi connectivity index (χ2v) is 1.47. The van der Waals surface area contributed by atoms with Gasteiger partial charge < -0.3 is 51.6 Å². The Balaban J connectivity index is -0.0000000104. The number of carboxylic acid groups (broad SMARTS) is 3. The van der Waals surface area contributed by atoms with Gasteiger partial charge >= 0.3 is 38.6 Å². The van der Waals surface area contributed by atoms with Gasteiger partial charge in [-0.2, -0.15) is 0 Å². The molecule has 10 nitrogen and oxygen atoms in total. The van der Waals surface area contributed by atoms with E-state index >= 15 is 0 Å². The van der Waals surface area contributed by atoms with Crippen molar-refractivity contribution in [2.75, 3.05) is 0 Å². The minimum atomic E-state index is -1.08. The maximum atomic E-state index is 8.89. The molecule has 0 aromatic heterocycles. The van der Waals surface area contributed by atoms with E-state index in [0.29, 0.717) is 0 Å². The molecular formula is C6H17O10Tb. The van der Waals surface area contributed by atoms with Crippen LogP contribution in [0.4, 0.5) is 0 Å². The first kappa shape index (κ1) is 54.8. The van der Waals surface area contributed by atoms with Crippen molar-refractivity contribution >= 4 is 17.9 Å². The molecule has 0 aromatic rings. The van der Waals surface area contributed by atoms with Crippen LogP contribution in [-0.4, -0.2) is 39.8 Å². The smallest absolute Gasteiger partial charge is 0.550 e. The van der Waals surface area contributed by atoms with Gasteiger partial charge in [0.15, 0.2) is 0 Å². The van der Waals surface area contributed by atoms with E-state index in [1.807, 2.05) is 0 Å². The van der Waals surface area contributed by atoms with Crippen LogP contribution in [0, 0.1) is 38.6 Å². The SMILES string of the molecule is CC(=O)[O-].CC(=O)[O-].CC(=O)[O-].O.O.O.O.[Tb+3]. The van der Waals surface area contributed by atoms with E-state index in [0.717, 1.165) is 20.8 Å². The fourth-order valence-electron chi connectivity index (χ4n) is 0. The van der Waals surface area contributed by atoms with Crippen molar-refractivity contribution in [2.24, 2.45) is 0 Å². The van der Waals surface area contributed by atoms with Gasteiger partial charge in [-0.3, -0.25) is 0 Å². The van der Waals surface area contributed by atoms with Crippen molar-refractivity contribution in [2.45, 2.75) is 20.8 Å². The van der Waals surface area contributed by atoms with Crippen LogP contribution in [-0.2, 0) is 14.4 Å². The van der Waals surface area contributed by atoms with E-state index in [1.165, 1.54) is 0 Å². The molecule has 0 radical (unpaired) electrons. The van der Waals surface area contributed by atoms with E-state index in [-0.39, 0.29) is 60.5 Å². The van der Waals surface area contributed by atoms with Crippen LogP contribution in [0.5, 0.6) is 0 Å². The van der Waals surface area contributed by atoms with Gasteiger partial charge in [-0.05, 0) is 20.8 Å². The average molecular weight is 408 g/mol. The third-order valence-electron chi connectivity index (χ3n) is 0. The molecule has 0 heterocycles. The maximum Gasteiger partial charge on any atom is 3.00 e. The summed E-state index contributed by atoms with van der Waals surface area (Å²) in [6.45, 7) is 2.92. The van der Waals surface area contributed by atoms with Gasteiger partial charge in [0, 0.05) is 17.9 Å². The summed E-state index contributed by atoms with van der Waals surface area (Å²) in [5.74, 6) is -3.25. The summed E-state index contributed by atoms with van der Waals surface area (Å²) in [4.78, 5) is 26.7. The largest absolute Gasteiger partial charge is 3.00 e. The number of hydrogen-bond donors (Lipinski definition) is 0. The fourth-order valence-corrected chi connectivity index (χ4v) is 0. The van der Waals surface area contributed by atoms with Crippen molar-refractivity contribution in [3.05, 3.63) is 0 Å². The van der Waals surface area contributed by atoms with Crippen LogP contribution in [0.2, 0.25) is 0 Å². The normalized spacial score (nSPS) is 4.41. The Bertz CT molecular complexity index is 118. The fraction of sp³-hybridized carbons (Fsp3) is 0.500. The molecule has 8 N–H and O–H groups in total. The van der Waals surface area contributed by atoms with E-state index < -0.39 is 17.9 Å². The van der Waals surface area contributed by atoms with Gasteiger partial charge in [0.1, 0.15) is 0 Å². The summed E-state index contributed by atoms with van der Waals surface area (Å²) < 4.78 is 0. The Morgan fingerprint density at radius 1 is 0.588 bits per heavy atom. The van der Waals surface area contributed by atoms with Crippen LogP contribution >= 0.6 is 0 Å². The molecule has 110 valence electrons. The molecule has 0 aliphatic carbocycles. The van der Waals surface area contributed by atoms with Crippen LogP contribution in [0.3, 0.4) is 0 Å². The molecule has 0 fully saturated rings. The van der Waals surface area contributed by atoms with Crippen molar-refractivity contribution in [3.63, 3.8) is 0 Å². The first-order chi connectivity index (χ1) is 5.20. The average Bonchev–Trinajstić information content (AvgIpc) is 1.54. The number of carboxylic acids is 3. The number of carbonyl (C=O) groups excluding carboxylic acids is 3. The standard InChI is InChI=1S/3C2H4O2.4H2O.Tb/c3*1-2(3)4;;;;;/h3*1H3,(H,3,4);4*1H2;/q;;;;;;;+3/p-3. The van der Waals surface area contributed by atoms with Crippen LogP contribution in [0.15, 0.2) is 0 Å². The Labute approximate surface area is 128 Å². The van der Waals surface area contributed by atoms with E-state index in [9.17, 15) is 0 Å². The zero-order chi connectivity index (χ0) is 10.7. The first-order valence-electron chi connectivity index (χ1n) is 2.72. The van der Waals surface area contributed by atoms with Gasteiger partial charge in [-0.15, -0.1) is 0 Å². The number of carbonyl (C=O) groups is 3. The molecule has 0 spiro atoms. The molecule has 0 aromatic carbocycles. The summed E-state index contributed by atoms with van der Waals surface area (Å²) >= 11 is 0. The van der Waals surface area contributed by atoms with Gasteiger partial charge in [0.25, 0.3) is 0 Å². The minimum Gasteiger partial charge on any atom is -0.550 e. The summed E-state index contributed by atoms with van der Waals surface area (Å²) in [6.07, 6.45) is 0. The Morgan fingerprint density at radius 3 is 0.588 bits per heavy atom. The molecule has 0 unspecified atom stereocenters. The van der Waals surface area contributed by atoms with Gasteiger partial charge in [0.05, 0.1) is 0 Å². The van der Waals surface area contributed by atoms with Gasteiger partial charge in [0.2, 0.25) is 0 Å². The van der Waals surface area contributed by atoms with Crippen molar-refractivity contribution in [3.8, 4) is 0 Å². The van der Waals surface area contributed by atoms with Gasteiger partial charge in [-0.1, -0.05) is 0 Å². The molecule has 0 bridgehead atoms. The molecule has 0 aliphatic heterocycles. The Kier molecular flexibility index (Phi) is 145. The molecule has 17 heavy (non-hydrogen) atoms. The Morgan fingerprint density at radius 2 is 0.588 bits per heavy atom. The molecule has 0 amide bonds. The second-order valence-electron chi connectivity index (χ2n) is 1.47. The third kappa shape index (κ3) is 13200. The number of rotatable bonds is 0. The summed E-state index contributed by atoms with van der Waals surface area (Å²) in [5, 5.41) is 26.7. The predicted molar refractivity (Wildman–Crippen MR) is 46.5 cm³/mol. The second kappa shape index (κ2) is 45.1. The van der Waals surface area contributed by atoms with E-state index in [1.54, 1.807) is 0 Å². The van der Waals surface area contributed by atoms with E-state index in [4.69, 9.17) is 29.7 Å². The monoisotopic (exact) mass is 408 g/mol. The predicted octanol–water partition coefficient (Wildman–Crippen LogP) is -7.03. The molecule has 0 atom stereocenters. The third-order valence-corrected chi connectivity index (χ3v) is 0. The molecule has 0 saturated carbocycles. The van der Waals surface area contributed by atoms with Crippen molar-refractivity contribution < 1.29 is 90.2 Å². The minimum absolute atomic E-state index is 0. The maximum absolute atomic E-state index is 8.89. The zero-order valence-corrected chi connectivity index (χ0v) is 11.4. The zero-order valence-electron chi connectivity index (χ0n) is 9.28. The summed E-state index contributed by atoms with van der Waals surface area (Å²) in [6, 6.07) is 0. The Hall–Kier alpha value is -0.464. The van der Waals surface area contributed by atoms with Gasteiger partial charge in [-0.25, -0.2) is 0 Å². The van der Waals surface area contributed by atoms with Crippen LogP contribution in [0.1, 0.15) is 20.8 Å². The molecule has 0 saturated heterocycles. The van der Waals surface area contributed by atoms with E-state index in [2.05, 4.69) is 0 Å². The molecule has 0 rings (SSSR count). The molecule has 11 heteroatoms. The van der Waals surface area contributed by atoms with Crippen molar-refractivity contribution in [1.29, 1.82) is 0 Å². The van der Waals surface area contributed by atoms with Crippen LogP contribution < -0.4 is 15.3 Å². The molecular weight excluding hydrogens is 391 g/mol. The molecule has 0 aliphatic rings. The first-order valence-corrected chi connectivity index (χ1v) is 2.72. The quantitative estimate of drug-likeness (QED) is 0.376. The number of hydrogen-bond acceptors (Lipinski definition) is 6. The summed E-state index contributed by atoms with van der Waals surface area (Å²) in [5.41, 5.74) is 0. The summed E-state index contributed by atoms with van der Waals surface area (Å²) in [7, 11) is 0.